The van der Waals surface area contributed by atoms with Crippen molar-refractivity contribution in [3.05, 3.63) is 71.3 Å². The van der Waals surface area contributed by atoms with Gasteiger partial charge >= 0.3 is 0 Å². The normalized spacial score (nSPS) is 23.1. The Morgan fingerprint density at radius 2 is 1.62 bits per heavy atom. The lowest BCUT2D eigenvalue weighted by Crippen LogP contribution is -2.23. The Kier molecular flexibility index (Phi) is 4.40. The summed E-state index contributed by atoms with van der Waals surface area (Å²) in [6.07, 6.45) is 4.96. The second-order valence-electron chi connectivity index (χ2n) is 6.50. The molecule has 3 rings (SSSR count). The molecule has 1 saturated carbocycles. The summed E-state index contributed by atoms with van der Waals surface area (Å²) in [6.45, 7) is 2.35. The van der Waals surface area contributed by atoms with E-state index in [1.165, 1.54) is 36.0 Å². The molecule has 1 nitrogen and oxygen atoms in total. The predicted octanol–water partition coefficient (Wildman–Crippen LogP) is 4.71. The second-order valence-corrected chi connectivity index (χ2v) is 6.50. The Bertz CT molecular complexity index is 558. The number of rotatable bonds is 4. The summed E-state index contributed by atoms with van der Waals surface area (Å²) in [5.74, 6) is 1.42. The van der Waals surface area contributed by atoms with Gasteiger partial charge in [-0.1, -0.05) is 74.4 Å². The van der Waals surface area contributed by atoms with Crippen molar-refractivity contribution < 1.29 is 0 Å². The van der Waals surface area contributed by atoms with Gasteiger partial charge in [0.1, 0.15) is 0 Å². The fraction of sp³-hybridized carbons (Fsp3) is 0.400. The molecule has 0 amide bonds. The molecule has 1 heteroatoms. The van der Waals surface area contributed by atoms with Gasteiger partial charge in [-0.3, -0.25) is 0 Å². The molecule has 0 spiro atoms. The molecule has 3 unspecified atom stereocenters. The largest absolute Gasteiger partial charge is 0.324 e. The fourth-order valence-electron chi connectivity index (χ4n) is 3.64. The van der Waals surface area contributed by atoms with Crippen LogP contribution < -0.4 is 5.73 Å². The average molecular weight is 279 g/mol. The molecular weight excluding hydrogens is 254 g/mol. The topological polar surface area (TPSA) is 26.0 Å². The molecule has 1 fully saturated rings. The third-order valence-electron chi connectivity index (χ3n) is 5.00. The zero-order valence-corrected chi connectivity index (χ0v) is 12.8. The zero-order valence-electron chi connectivity index (χ0n) is 12.8. The number of hydrogen-bond acceptors (Lipinski definition) is 1. The minimum atomic E-state index is 0.202. The van der Waals surface area contributed by atoms with Gasteiger partial charge in [-0.2, -0.15) is 0 Å². The van der Waals surface area contributed by atoms with Crippen molar-refractivity contribution in [1.82, 2.24) is 0 Å². The highest BCUT2D eigenvalue weighted by Crippen LogP contribution is 2.38. The maximum atomic E-state index is 6.49. The van der Waals surface area contributed by atoms with E-state index in [-0.39, 0.29) is 6.04 Å². The molecule has 0 aromatic heterocycles. The molecule has 0 saturated heterocycles. The molecule has 2 aromatic rings. The molecule has 1 aliphatic carbocycles. The van der Waals surface area contributed by atoms with E-state index >= 15 is 0 Å². The predicted molar refractivity (Wildman–Crippen MR) is 89.1 cm³/mol. The summed E-state index contributed by atoms with van der Waals surface area (Å²) in [5.41, 5.74) is 10.5. The maximum absolute atomic E-state index is 6.49. The Balaban J connectivity index is 1.69. The second kappa shape index (κ2) is 6.44. The summed E-state index contributed by atoms with van der Waals surface area (Å²) in [7, 11) is 0. The summed E-state index contributed by atoms with van der Waals surface area (Å²) in [6, 6.07) is 19.8. The van der Waals surface area contributed by atoms with Crippen LogP contribution in [0, 0.1) is 11.8 Å². The number of hydrogen-bond donors (Lipinski definition) is 1. The highest BCUT2D eigenvalue weighted by Gasteiger charge is 2.29. The molecule has 0 bridgehead atoms. The number of benzene rings is 2. The summed E-state index contributed by atoms with van der Waals surface area (Å²) >= 11 is 0. The molecule has 21 heavy (non-hydrogen) atoms. The minimum absolute atomic E-state index is 0.202. The van der Waals surface area contributed by atoms with Crippen LogP contribution in [0.3, 0.4) is 0 Å². The third-order valence-corrected chi connectivity index (χ3v) is 5.00. The van der Waals surface area contributed by atoms with Crippen LogP contribution in [0.4, 0.5) is 0 Å². The maximum Gasteiger partial charge on any atom is 0.0326 e. The van der Waals surface area contributed by atoms with E-state index in [4.69, 9.17) is 5.73 Å². The van der Waals surface area contributed by atoms with Crippen molar-refractivity contribution in [2.45, 2.75) is 38.6 Å². The van der Waals surface area contributed by atoms with E-state index in [1.807, 2.05) is 0 Å². The van der Waals surface area contributed by atoms with Gasteiger partial charge < -0.3 is 5.73 Å². The van der Waals surface area contributed by atoms with Crippen molar-refractivity contribution in [3.63, 3.8) is 0 Å². The summed E-state index contributed by atoms with van der Waals surface area (Å²) in [5, 5.41) is 0. The van der Waals surface area contributed by atoms with E-state index in [0.717, 1.165) is 12.3 Å². The lowest BCUT2D eigenvalue weighted by molar-refractivity contribution is 0.351. The van der Waals surface area contributed by atoms with E-state index in [0.29, 0.717) is 5.92 Å². The first kappa shape index (κ1) is 14.3. The molecular formula is C20H25N. The average Bonchev–Trinajstić information content (AvgIpc) is 2.94. The van der Waals surface area contributed by atoms with Crippen LogP contribution in [0.1, 0.15) is 48.9 Å². The van der Waals surface area contributed by atoms with Gasteiger partial charge in [0, 0.05) is 6.04 Å². The van der Waals surface area contributed by atoms with Crippen molar-refractivity contribution >= 4 is 0 Å². The van der Waals surface area contributed by atoms with Crippen LogP contribution in [0.25, 0.3) is 0 Å². The molecule has 2 N–H and O–H groups in total. The molecule has 0 radical (unpaired) electrons. The van der Waals surface area contributed by atoms with E-state index in [9.17, 15) is 0 Å². The molecule has 1 aliphatic rings. The first-order valence-corrected chi connectivity index (χ1v) is 8.12. The monoisotopic (exact) mass is 279 g/mol. The Labute approximate surface area is 128 Å². The molecule has 2 aromatic carbocycles. The van der Waals surface area contributed by atoms with Crippen LogP contribution in [0.2, 0.25) is 0 Å². The van der Waals surface area contributed by atoms with E-state index in [1.54, 1.807) is 0 Å². The van der Waals surface area contributed by atoms with Gasteiger partial charge in [0.15, 0.2) is 0 Å². The Morgan fingerprint density at radius 3 is 2.24 bits per heavy atom. The van der Waals surface area contributed by atoms with Gasteiger partial charge in [0.05, 0.1) is 0 Å². The van der Waals surface area contributed by atoms with Gasteiger partial charge in [-0.05, 0) is 41.4 Å². The van der Waals surface area contributed by atoms with Gasteiger partial charge in [-0.25, -0.2) is 0 Å². The Hall–Kier alpha value is -1.60. The molecule has 0 aliphatic heterocycles. The van der Waals surface area contributed by atoms with Crippen LogP contribution >= 0.6 is 0 Å². The van der Waals surface area contributed by atoms with Gasteiger partial charge in [-0.15, -0.1) is 0 Å². The van der Waals surface area contributed by atoms with Crippen LogP contribution in [0.15, 0.2) is 54.6 Å². The summed E-state index contributed by atoms with van der Waals surface area (Å²) < 4.78 is 0. The fourth-order valence-corrected chi connectivity index (χ4v) is 3.64. The lowest BCUT2D eigenvalue weighted by Gasteiger charge is -2.23. The number of nitrogens with two attached hydrogens (primary N) is 1. The lowest BCUT2D eigenvalue weighted by atomic mass is 9.86. The van der Waals surface area contributed by atoms with Crippen LogP contribution in [-0.4, -0.2) is 0 Å². The van der Waals surface area contributed by atoms with Gasteiger partial charge in [0.2, 0.25) is 0 Å². The van der Waals surface area contributed by atoms with Crippen LogP contribution in [-0.2, 0) is 6.42 Å². The quantitative estimate of drug-likeness (QED) is 0.861. The van der Waals surface area contributed by atoms with Crippen molar-refractivity contribution in [2.24, 2.45) is 17.6 Å². The van der Waals surface area contributed by atoms with E-state index < -0.39 is 0 Å². The van der Waals surface area contributed by atoms with E-state index in [2.05, 4.69) is 61.5 Å². The first-order valence-electron chi connectivity index (χ1n) is 8.12. The zero-order chi connectivity index (χ0) is 14.7. The summed E-state index contributed by atoms with van der Waals surface area (Å²) in [4.78, 5) is 0. The Morgan fingerprint density at radius 1 is 0.952 bits per heavy atom. The van der Waals surface area contributed by atoms with Crippen LogP contribution in [0.5, 0.6) is 0 Å². The van der Waals surface area contributed by atoms with Crippen molar-refractivity contribution in [3.8, 4) is 0 Å². The SMILES string of the molecule is CC1CCCC1C(N)c1ccc(Cc2ccccc2)cc1. The highest BCUT2D eigenvalue weighted by molar-refractivity contribution is 5.30. The molecule has 110 valence electrons. The molecule has 3 atom stereocenters. The standard InChI is InChI=1S/C20H25N/c1-15-6-5-9-19(15)20(21)18-12-10-17(11-13-18)14-16-7-3-2-4-8-16/h2-4,7-8,10-13,15,19-20H,5-6,9,14,21H2,1H3. The first-order chi connectivity index (χ1) is 10.2. The van der Waals surface area contributed by atoms with Crippen molar-refractivity contribution in [2.75, 3.05) is 0 Å². The van der Waals surface area contributed by atoms with Crippen molar-refractivity contribution in [1.29, 1.82) is 0 Å². The third kappa shape index (κ3) is 3.36. The highest BCUT2D eigenvalue weighted by atomic mass is 14.7. The molecule has 0 heterocycles. The van der Waals surface area contributed by atoms with Gasteiger partial charge in [0.25, 0.3) is 0 Å². The smallest absolute Gasteiger partial charge is 0.0326 e. The minimum Gasteiger partial charge on any atom is -0.324 e.